The summed E-state index contributed by atoms with van der Waals surface area (Å²) in [6, 6.07) is 10.8. The number of carbonyl (C=O) groups excluding carboxylic acids is 1. The van der Waals surface area contributed by atoms with Gasteiger partial charge in [0.2, 0.25) is 5.91 Å². The molecule has 3 fully saturated rings. The Morgan fingerprint density at radius 2 is 1.96 bits per heavy atom. The van der Waals surface area contributed by atoms with Crippen LogP contribution in [0.15, 0.2) is 30.3 Å². The maximum absolute atomic E-state index is 13.1. The number of rotatable bonds is 6. The van der Waals surface area contributed by atoms with Crippen LogP contribution in [0.1, 0.15) is 38.2 Å². The van der Waals surface area contributed by atoms with Gasteiger partial charge < -0.3 is 10.4 Å². The lowest BCUT2D eigenvalue weighted by molar-refractivity contribution is -0.127. The molecule has 4 rings (SSSR count). The largest absolute Gasteiger partial charge is 0.393 e. The second-order valence-corrected chi connectivity index (χ2v) is 8.16. The molecule has 0 bridgehead atoms. The molecule has 3 aliphatic rings. The molecule has 1 aromatic carbocycles. The van der Waals surface area contributed by atoms with Crippen molar-refractivity contribution in [1.82, 2.24) is 16.2 Å². The van der Waals surface area contributed by atoms with Crippen LogP contribution in [0.2, 0.25) is 0 Å². The van der Waals surface area contributed by atoms with Crippen LogP contribution in [-0.2, 0) is 11.2 Å². The third kappa shape index (κ3) is 3.73. The molecule has 0 spiro atoms. The Morgan fingerprint density at radius 3 is 2.60 bits per heavy atom. The van der Waals surface area contributed by atoms with Gasteiger partial charge in [0.15, 0.2) is 0 Å². The zero-order valence-electron chi connectivity index (χ0n) is 14.8. The molecule has 1 aliphatic heterocycles. The smallest absolute Gasteiger partial charge is 0.226 e. The summed E-state index contributed by atoms with van der Waals surface area (Å²) in [5.41, 5.74) is 7.83. The fourth-order valence-corrected chi connectivity index (χ4v) is 4.42. The van der Waals surface area contributed by atoms with Gasteiger partial charge in [-0.2, -0.15) is 0 Å². The van der Waals surface area contributed by atoms with Gasteiger partial charge in [-0.05, 0) is 56.4 Å². The van der Waals surface area contributed by atoms with Gasteiger partial charge in [0.1, 0.15) is 0 Å². The number of aliphatic hydroxyl groups excluding tert-OH is 1. The summed E-state index contributed by atoms with van der Waals surface area (Å²) in [4.78, 5) is 13.1. The van der Waals surface area contributed by atoms with Crippen molar-refractivity contribution >= 4 is 5.91 Å². The molecular formula is C20H29N3O2. The number of hydrogen-bond acceptors (Lipinski definition) is 4. The first-order valence-corrected chi connectivity index (χ1v) is 9.65. The van der Waals surface area contributed by atoms with Crippen LogP contribution < -0.4 is 16.2 Å². The Labute approximate surface area is 149 Å². The quantitative estimate of drug-likeness (QED) is 0.630. The average molecular weight is 343 g/mol. The van der Waals surface area contributed by atoms with E-state index in [1.54, 1.807) is 0 Å². The molecule has 25 heavy (non-hydrogen) atoms. The Balaban J connectivity index is 1.44. The van der Waals surface area contributed by atoms with E-state index in [9.17, 15) is 9.90 Å². The van der Waals surface area contributed by atoms with Crippen LogP contribution in [-0.4, -0.2) is 35.2 Å². The van der Waals surface area contributed by atoms with Crippen molar-refractivity contribution in [3.8, 4) is 0 Å². The Bertz CT molecular complexity index is 598. The third-order valence-corrected chi connectivity index (χ3v) is 6.18. The lowest BCUT2D eigenvalue weighted by Gasteiger charge is -2.39. The molecule has 5 nitrogen and oxygen atoms in total. The van der Waals surface area contributed by atoms with E-state index in [0.29, 0.717) is 11.8 Å². The number of amides is 1. The SMILES string of the molecule is CC1NNC(C2CC2)C1C(=O)NC(Cc1ccccc1)C1CC(O)C1. The molecule has 5 heteroatoms. The molecular weight excluding hydrogens is 314 g/mol. The maximum Gasteiger partial charge on any atom is 0.226 e. The van der Waals surface area contributed by atoms with Crippen LogP contribution in [0.5, 0.6) is 0 Å². The second-order valence-electron chi connectivity index (χ2n) is 8.16. The number of carbonyl (C=O) groups is 1. The lowest BCUT2D eigenvalue weighted by Crippen LogP contribution is -2.52. The molecule has 1 heterocycles. The van der Waals surface area contributed by atoms with E-state index in [1.807, 2.05) is 18.2 Å². The summed E-state index contributed by atoms with van der Waals surface area (Å²) in [6.07, 6.45) is 4.66. The predicted molar refractivity (Wildman–Crippen MR) is 96.5 cm³/mol. The van der Waals surface area contributed by atoms with Gasteiger partial charge in [-0.25, -0.2) is 0 Å². The Kier molecular flexibility index (Phi) is 4.80. The number of aliphatic hydroxyl groups is 1. The summed E-state index contributed by atoms with van der Waals surface area (Å²) >= 11 is 0. The van der Waals surface area contributed by atoms with Crippen molar-refractivity contribution in [2.45, 2.75) is 63.3 Å². The molecule has 1 amide bonds. The van der Waals surface area contributed by atoms with Crippen molar-refractivity contribution in [3.05, 3.63) is 35.9 Å². The predicted octanol–water partition coefficient (Wildman–Crippen LogP) is 1.38. The van der Waals surface area contributed by atoms with E-state index in [1.165, 1.54) is 18.4 Å². The Morgan fingerprint density at radius 1 is 1.24 bits per heavy atom. The van der Waals surface area contributed by atoms with Crippen molar-refractivity contribution in [1.29, 1.82) is 0 Å². The topological polar surface area (TPSA) is 73.4 Å². The van der Waals surface area contributed by atoms with Crippen LogP contribution in [0.25, 0.3) is 0 Å². The van der Waals surface area contributed by atoms with E-state index in [4.69, 9.17) is 0 Å². The second kappa shape index (κ2) is 7.06. The van der Waals surface area contributed by atoms with E-state index in [2.05, 4.69) is 35.2 Å². The average Bonchev–Trinajstić information content (AvgIpc) is 3.34. The van der Waals surface area contributed by atoms with Gasteiger partial charge in [0.25, 0.3) is 0 Å². The molecule has 4 N–H and O–H groups in total. The molecule has 136 valence electrons. The summed E-state index contributed by atoms with van der Waals surface area (Å²) in [5.74, 6) is 1.14. The minimum atomic E-state index is -0.201. The van der Waals surface area contributed by atoms with Gasteiger partial charge in [-0.3, -0.25) is 15.6 Å². The van der Waals surface area contributed by atoms with Crippen LogP contribution in [0.3, 0.4) is 0 Å². The molecule has 2 aliphatic carbocycles. The fraction of sp³-hybridized carbons (Fsp3) is 0.650. The first-order valence-electron chi connectivity index (χ1n) is 9.65. The number of nitrogens with one attached hydrogen (secondary N) is 3. The minimum absolute atomic E-state index is 0.0178. The van der Waals surface area contributed by atoms with E-state index < -0.39 is 0 Å². The number of benzene rings is 1. The highest BCUT2D eigenvalue weighted by Gasteiger charge is 2.47. The lowest BCUT2D eigenvalue weighted by atomic mass is 9.75. The van der Waals surface area contributed by atoms with Gasteiger partial charge in [0.05, 0.1) is 12.0 Å². The summed E-state index contributed by atoms with van der Waals surface area (Å²) in [5, 5.41) is 13.1. The van der Waals surface area contributed by atoms with Gasteiger partial charge in [0, 0.05) is 18.1 Å². The molecule has 0 radical (unpaired) electrons. The van der Waals surface area contributed by atoms with E-state index in [0.717, 1.165) is 19.3 Å². The standard InChI is InChI=1S/C20H29N3O2/c1-12-18(19(23-22-12)14-7-8-14)20(25)21-17(15-10-16(24)11-15)9-13-5-3-2-4-6-13/h2-6,12,14-19,22-24H,7-11H2,1H3,(H,21,25). The van der Waals surface area contributed by atoms with Crippen LogP contribution in [0, 0.1) is 17.8 Å². The van der Waals surface area contributed by atoms with Crippen molar-refractivity contribution in [2.75, 3.05) is 0 Å². The molecule has 1 saturated heterocycles. The molecule has 2 saturated carbocycles. The van der Waals surface area contributed by atoms with E-state index >= 15 is 0 Å². The minimum Gasteiger partial charge on any atom is -0.393 e. The van der Waals surface area contributed by atoms with Crippen molar-refractivity contribution in [3.63, 3.8) is 0 Å². The summed E-state index contributed by atoms with van der Waals surface area (Å²) in [6.45, 7) is 2.08. The zero-order chi connectivity index (χ0) is 17.4. The molecule has 0 aromatic heterocycles. The first-order chi connectivity index (χ1) is 12.1. The highest BCUT2D eigenvalue weighted by Crippen LogP contribution is 2.39. The molecule has 4 atom stereocenters. The number of hydrogen-bond donors (Lipinski definition) is 4. The zero-order valence-corrected chi connectivity index (χ0v) is 14.8. The van der Waals surface area contributed by atoms with Crippen molar-refractivity contribution < 1.29 is 9.90 Å². The summed E-state index contributed by atoms with van der Waals surface area (Å²) < 4.78 is 0. The van der Waals surface area contributed by atoms with Crippen molar-refractivity contribution in [2.24, 2.45) is 17.8 Å². The van der Waals surface area contributed by atoms with Crippen LogP contribution in [0.4, 0.5) is 0 Å². The third-order valence-electron chi connectivity index (χ3n) is 6.18. The molecule has 1 aromatic rings. The monoisotopic (exact) mass is 343 g/mol. The highest BCUT2D eigenvalue weighted by atomic mass is 16.3. The van der Waals surface area contributed by atoms with Gasteiger partial charge in [-0.1, -0.05) is 30.3 Å². The summed E-state index contributed by atoms with van der Waals surface area (Å²) in [7, 11) is 0. The molecule has 4 unspecified atom stereocenters. The normalized spacial score (nSPS) is 35.8. The highest BCUT2D eigenvalue weighted by molar-refractivity contribution is 5.81. The first kappa shape index (κ1) is 17.0. The fourth-order valence-electron chi connectivity index (χ4n) is 4.42. The van der Waals surface area contributed by atoms with E-state index in [-0.39, 0.29) is 36.1 Å². The maximum atomic E-state index is 13.1. The number of hydrazine groups is 1. The van der Waals surface area contributed by atoms with Crippen LogP contribution >= 0.6 is 0 Å². The van der Waals surface area contributed by atoms with Gasteiger partial charge >= 0.3 is 0 Å². The Hall–Kier alpha value is -1.43. The van der Waals surface area contributed by atoms with Gasteiger partial charge in [-0.15, -0.1) is 0 Å².